The molecular weight excluding hydrogens is 377 g/mol. The average molecular weight is 407 g/mol. The first-order valence-corrected chi connectivity index (χ1v) is 9.48. The van der Waals surface area contributed by atoms with Gasteiger partial charge in [0.1, 0.15) is 11.4 Å². The predicted octanol–water partition coefficient (Wildman–Crippen LogP) is 2.10. The highest BCUT2D eigenvalue weighted by molar-refractivity contribution is 5.94. The Kier molecular flexibility index (Phi) is 7.24. The minimum atomic E-state index is -0.505. The molecule has 0 aliphatic carbocycles. The Labute approximate surface area is 170 Å². The van der Waals surface area contributed by atoms with Gasteiger partial charge in [0.25, 0.3) is 0 Å². The van der Waals surface area contributed by atoms with Crippen LogP contribution in [-0.2, 0) is 4.74 Å². The molecule has 1 aromatic rings. The highest BCUT2D eigenvalue weighted by atomic mass is 19.1. The zero-order valence-corrected chi connectivity index (χ0v) is 17.1. The van der Waals surface area contributed by atoms with Crippen LogP contribution >= 0.6 is 0 Å². The van der Waals surface area contributed by atoms with Gasteiger partial charge >= 0.3 is 6.09 Å². The molecular formula is C19H30FN7O2. The molecule has 1 aliphatic heterocycles. The monoisotopic (exact) mass is 407 g/mol. The second-order valence-corrected chi connectivity index (χ2v) is 7.96. The number of nitrogens with one attached hydrogen (secondary N) is 1. The zero-order chi connectivity index (χ0) is 21.6. The van der Waals surface area contributed by atoms with Gasteiger partial charge in [-0.1, -0.05) is 0 Å². The number of likely N-dealkylation sites (tertiary alicyclic amines) is 1. The Hall–Kier alpha value is -3.04. The Bertz CT molecular complexity index is 777. The smallest absolute Gasteiger partial charge is 0.410 e. The lowest BCUT2D eigenvalue weighted by Crippen LogP contribution is -2.42. The van der Waals surface area contributed by atoms with E-state index in [9.17, 15) is 9.18 Å². The van der Waals surface area contributed by atoms with E-state index in [1.54, 1.807) is 11.0 Å². The lowest BCUT2D eigenvalue weighted by Gasteiger charge is -2.33. The van der Waals surface area contributed by atoms with E-state index >= 15 is 0 Å². The molecule has 0 bridgehead atoms. The van der Waals surface area contributed by atoms with Crippen LogP contribution in [0, 0.1) is 11.7 Å². The van der Waals surface area contributed by atoms with Crippen LogP contribution in [0.25, 0.3) is 0 Å². The molecule has 10 heteroatoms. The number of aliphatic imine (C=N–C) groups is 2. The third kappa shape index (κ3) is 7.47. The molecule has 1 aliphatic rings. The summed E-state index contributed by atoms with van der Waals surface area (Å²) in [6.07, 6.45) is 1.39. The van der Waals surface area contributed by atoms with Gasteiger partial charge < -0.3 is 32.2 Å². The Balaban J connectivity index is 1.94. The third-order valence-corrected chi connectivity index (χ3v) is 4.29. The van der Waals surface area contributed by atoms with E-state index in [-0.39, 0.29) is 18.0 Å². The van der Waals surface area contributed by atoms with Crippen LogP contribution in [0.15, 0.2) is 28.2 Å². The molecule has 7 N–H and O–H groups in total. The number of piperidine rings is 1. The highest BCUT2D eigenvalue weighted by Gasteiger charge is 2.26. The van der Waals surface area contributed by atoms with Crippen molar-refractivity contribution in [1.29, 1.82) is 0 Å². The van der Waals surface area contributed by atoms with Crippen molar-refractivity contribution in [2.75, 3.05) is 25.0 Å². The molecule has 0 unspecified atom stereocenters. The Morgan fingerprint density at radius 2 is 1.93 bits per heavy atom. The first kappa shape index (κ1) is 22.3. The molecule has 2 rings (SSSR count). The number of hydrogen-bond donors (Lipinski definition) is 4. The summed E-state index contributed by atoms with van der Waals surface area (Å²) in [4.78, 5) is 21.6. The van der Waals surface area contributed by atoms with E-state index in [1.165, 1.54) is 12.1 Å². The summed E-state index contributed by atoms with van der Waals surface area (Å²) in [6, 6.07) is 4.18. The largest absolute Gasteiger partial charge is 0.444 e. The summed E-state index contributed by atoms with van der Waals surface area (Å²) in [5.74, 6) is -0.485. The molecule has 1 fully saturated rings. The van der Waals surface area contributed by atoms with Crippen molar-refractivity contribution in [2.45, 2.75) is 39.2 Å². The number of hydrogen-bond acceptors (Lipinski definition) is 4. The van der Waals surface area contributed by atoms with Crippen LogP contribution in [0.5, 0.6) is 0 Å². The first-order chi connectivity index (χ1) is 13.5. The number of halogens is 1. The summed E-state index contributed by atoms with van der Waals surface area (Å²) < 4.78 is 19.0. The molecule has 29 heavy (non-hydrogen) atoms. The lowest BCUT2D eigenvalue weighted by atomic mass is 9.97. The van der Waals surface area contributed by atoms with Gasteiger partial charge in [0.05, 0.1) is 11.4 Å². The summed E-state index contributed by atoms with van der Waals surface area (Å²) in [6.45, 7) is 7.47. The topological polar surface area (TPSA) is 144 Å². The van der Waals surface area contributed by atoms with Crippen LogP contribution in [0.4, 0.5) is 20.6 Å². The third-order valence-electron chi connectivity index (χ3n) is 4.29. The number of nitrogens with two attached hydrogens (primary N) is 3. The van der Waals surface area contributed by atoms with Crippen LogP contribution in [0.1, 0.15) is 33.6 Å². The number of guanidine groups is 2. The average Bonchev–Trinajstić information content (AvgIpc) is 2.59. The number of benzene rings is 1. The van der Waals surface area contributed by atoms with Gasteiger partial charge in [-0.05, 0) is 51.7 Å². The van der Waals surface area contributed by atoms with Gasteiger partial charge in [-0.15, -0.1) is 0 Å². The van der Waals surface area contributed by atoms with Crippen molar-refractivity contribution >= 4 is 29.4 Å². The molecule has 0 saturated carbocycles. The number of nitrogens with zero attached hydrogens (tertiary/aromatic N) is 3. The molecule has 0 radical (unpaired) electrons. The first-order valence-electron chi connectivity index (χ1n) is 9.48. The minimum absolute atomic E-state index is 0.163. The van der Waals surface area contributed by atoms with Crippen LogP contribution in [0.3, 0.4) is 0 Å². The normalized spacial score (nSPS) is 15.7. The fraction of sp³-hybridized carbons (Fsp3) is 0.526. The van der Waals surface area contributed by atoms with Gasteiger partial charge in [-0.2, -0.15) is 4.99 Å². The van der Waals surface area contributed by atoms with Crippen molar-refractivity contribution < 1.29 is 13.9 Å². The Morgan fingerprint density at radius 3 is 2.52 bits per heavy atom. The van der Waals surface area contributed by atoms with Crippen molar-refractivity contribution in [3.8, 4) is 0 Å². The van der Waals surface area contributed by atoms with Crippen molar-refractivity contribution in [3.63, 3.8) is 0 Å². The minimum Gasteiger partial charge on any atom is -0.444 e. The highest BCUT2D eigenvalue weighted by Crippen LogP contribution is 2.27. The summed E-state index contributed by atoms with van der Waals surface area (Å²) in [5, 5.41) is 3.28. The second-order valence-electron chi connectivity index (χ2n) is 7.96. The van der Waals surface area contributed by atoms with Crippen LogP contribution < -0.4 is 22.5 Å². The van der Waals surface area contributed by atoms with Crippen LogP contribution in [-0.4, -0.2) is 48.1 Å². The van der Waals surface area contributed by atoms with E-state index in [0.717, 1.165) is 12.8 Å². The maximum Gasteiger partial charge on any atom is 0.410 e. The van der Waals surface area contributed by atoms with Gasteiger partial charge in [-0.3, -0.25) is 0 Å². The maximum absolute atomic E-state index is 13.6. The molecule has 1 aromatic carbocycles. The number of rotatable bonds is 4. The molecule has 1 saturated heterocycles. The zero-order valence-electron chi connectivity index (χ0n) is 17.1. The predicted molar refractivity (Wildman–Crippen MR) is 113 cm³/mol. The second kappa shape index (κ2) is 9.44. The molecule has 0 atom stereocenters. The fourth-order valence-corrected chi connectivity index (χ4v) is 2.93. The summed E-state index contributed by atoms with van der Waals surface area (Å²) in [5.41, 5.74) is 16.6. The number of amides is 1. The molecule has 1 heterocycles. The fourth-order valence-electron chi connectivity index (χ4n) is 2.93. The van der Waals surface area contributed by atoms with Gasteiger partial charge in [0.2, 0.25) is 5.96 Å². The number of anilines is 1. The molecule has 9 nitrogen and oxygen atoms in total. The maximum atomic E-state index is 13.6. The van der Waals surface area contributed by atoms with E-state index in [1.807, 2.05) is 20.8 Å². The molecule has 0 spiro atoms. The Morgan fingerprint density at radius 1 is 1.28 bits per heavy atom. The molecule has 160 valence electrons. The number of ether oxygens (including phenoxy) is 1. The van der Waals surface area contributed by atoms with Crippen LogP contribution in [0.2, 0.25) is 0 Å². The van der Waals surface area contributed by atoms with E-state index in [2.05, 4.69) is 15.3 Å². The quantitative estimate of drug-likeness (QED) is 0.444. The van der Waals surface area contributed by atoms with Gasteiger partial charge in [0, 0.05) is 25.7 Å². The van der Waals surface area contributed by atoms with E-state index < -0.39 is 11.4 Å². The lowest BCUT2D eigenvalue weighted by molar-refractivity contribution is 0.0188. The summed E-state index contributed by atoms with van der Waals surface area (Å²) in [7, 11) is 0. The van der Waals surface area contributed by atoms with Crippen molar-refractivity contribution in [1.82, 2.24) is 4.90 Å². The molecule has 1 amide bonds. The van der Waals surface area contributed by atoms with Crippen molar-refractivity contribution in [2.24, 2.45) is 33.1 Å². The SMILES string of the molecule is CC(C)(C)OC(=O)N1CCC(CNc2ccc(F)cc2N=C(N)N=C(N)N)CC1. The standard InChI is InChI=1S/C19H30FN7O2/c1-19(2,3)29-18(28)27-8-6-12(7-9-27)11-24-14-5-4-13(20)10-15(14)25-17(23)26-16(21)22/h4-5,10,12,24H,6-9,11H2,1-3H3,(H6,21,22,23,25,26). The van der Waals surface area contributed by atoms with Gasteiger partial charge in [0.15, 0.2) is 5.96 Å². The van der Waals surface area contributed by atoms with E-state index in [4.69, 9.17) is 21.9 Å². The van der Waals surface area contributed by atoms with Gasteiger partial charge in [-0.25, -0.2) is 14.2 Å². The number of carbonyl (C=O) groups is 1. The number of carbonyl (C=O) groups excluding carboxylic acids is 1. The van der Waals surface area contributed by atoms with Crippen molar-refractivity contribution in [3.05, 3.63) is 24.0 Å². The van der Waals surface area contributed by atoms with E-state index in [0.29, 0.717) is 36.9 Å². The summed E-state index contributed by atoms with van der Waals surface area (Å²) >= 11 is 0. The molecule has 0 aromatic heterocycles.